The molecular weight excluding hydrogens is 208 g/mol. The molecule has 0 bridgehead atoms. The highest BCUT2D eigenvalue weighted by atomic mass is 32.1. The van der Waals surface area contributed by atoms with Crippen LogP contribution in [-0.2, 0) is 0 Å². The molecule has 2 aliphatic rings. The second-order valence-corrected chi connectivity index (χ2v) is 5.22. The average molecular weight is 224 g/mol. The first-order valence-electron chi connectivity index (χ1n) is 5.61. The number of piperidine rings is 1. The molecule has 1 aromatic heterocycles. The molecule has 0 saturated carbocycles. The van der Waals surface area contributed by atoms with E-state index in [1.807, 2.05) is 6.92 Å². The number of rotatable bonds is 1. The zero-order chi connectivity index (χ0) is 10.3. The molecule has 0 amide bonds. The van der Waals surface area contributed by atoms with E-state index < -0.39 is 0 Å². The summed E-state index contributed by atoms with van der Waals surface area (Å²) in [6, 6.07) is 0.683. The standard InChI is InChI=1S/C10H16N4S/c1-7-12-10(15-13-7)14-5-8-3-2-4-11-9(8)6-14/h8-9,11H,2-6H2,1H3. The van der Waals surface area contributed by atoms with Crippen molar-refractivity contribution in [3.8, 4) is 0 Å². The number of aromatic nitrogens is 2. The highest BCUT2D eigenvalue weighted by Gasteiger charge is 2.35. The molecule has 0 aliphatic carbocycles. The summed E-state index contributed by atoms with van der Waals surface area (Å²) >= 11 is 1.53. The van der Waals surface area contributed by atoms with Crippen molar-refractivity contribution in [3.05, 3.63) is 5.82 Å². The molecule has 2 unspecified atom stereocenters. The van der Waals surface area contributed by atoms with Gasteiger partial charge in [0.2, 0.25) is 5.13 Å². The van der Waals surface area contributed by atoms with Crippen LogP contribution in [0.2, 0.25) is 0 Å². The molecule has 1 aromatic rings. The summed E-state index contributed by atoms with van der Waals surface area (Å²) in [7, 11) is 0. The van der Waals surface area contributed by atoms with Crippen molar-refractivity contribution in [2.75, 3.05) is 24.5 Å². The molecule has 3 heterocycles. The van der Waals surface area contributed by atoms with Crippen molar-refractivity contribution in [2.45, 2.75) is 25.8 Å². The Morgan fingerprint density at radius 2 is 2.40 bits per heavy atom. The highest BCUT2D eigenvalue weighted by molar-refractivity contribution is 7.09. The Bertz CT molecular complexity index is 337. The van der Waals surface area contributed by atoms with Crippen molar-refractivity contribution in [2.24, 2.45) is 5.92 Å². The summed E-state index contributed by atoms with van der Waals surface area (Å²) in [5.74, 6) is 1.72. The van der Waals surface area contributed by atoms with E-state index >= 15 is 0 Å². The molecule has 5 heteroatoms. The van der Waals surface area contributed by atoms with Gasteiger partial charge in [-0.3, -0.25) is 0 Å². The van der Waals surface area contributed by atoms with Crippen molar-refractivity contribution in [1.29, 1.82) is 0 Å². The number of aryl methyl sites for hydroxylation is 1. The number of hydrogen-bond donors (Lipinski definition) is 1. The Hall–Kier alpha value is -0.680. The minimum Gasteiger partial charge on any atom is -0.345 e. The smallest absolute Gasteiger partial charge is 0.205 e. The lowest BCUT2D eigenvalue weighted by Crippen LogP contribution is -2.40. The van der Waals surface area contributed by atoms with Crippen LogP contribution in [0.15, 0.2) is 0 Å². The van der Waals surface area contributed by atoms with Gasteiger partial charge in [0.1, 0.15) is 5.82 Å². The molecule has 15 heavy (non-hydrogen) atoms. The molecule has 2 atom stereocenters. The van der Waals surface area contributed by atoms with E-state index in [9.17, 15) is 0 Å². The van der Waals surface area contributed by atoms with Crippen LogP contribution in [0.1, 0.15) is 18.7 Å². The predicted molar refractivity (Wildman–Crippen MR) is 61.4 cm³/mol. The van der Waals surface area contributed by atoms with Gasteiger partial charge in [-0.05, 0) is 32.2 Å². The third kappa shape index (κ3) is 1.74. The third-order valence-electron chi connectivity index (χ3n) is 3.39. The second-order valence-electron chi connectivity index (χ2n) is 4.49. The molecule has 0 aromatic carbocycles. The lowest BCUT2D eigenvalue weighted by atomic mass is 9.94. The molecule has 2 saturated heterocycles. The fourth-order valence-electron chi connectivity index (χ4n) is 2.62. The lowest BCUT2D eigenvalue weighted by molar-refractivity contribution is 0.340. The van der Waals surface area contributed by atoms with E-state index in [-0.39, 0.29) is 0 Å². The Kier molecular flexibility index (Phi) is 2.36. The molecule has 1 N–H and O–H groups in total. The maximum atomic E-state index is 4.46. The van der Waals surface area contributed by atoms with Gasteiger partial charge >= 0.3 is 0 Å². The number of fused-ring (bicyclic) bond motifs is 1. The largest absolute Gasteiger partial charge is 0.345 e. The molecule has 2 fully saturated rings. The van der Waals surface area contributed by atoms with Gasteiger partial charge in [-0.1, -0.05) is 0 Å². The topological polar surface area (TPSA) is 41.1 Å². The number of nitrogens with one attached hydrogen (secondary N) is 1. The van der Waals surface area contributed by atoms with Gasteiger partial charge in [-0.2, -0.15) is 4.37 Å². The Labute approximate surface area is 93.9 Å². The van der Waals surface area contributed by atoms with Crippen LogP contribution in [-0.4, -0.2) is 35.0 Å². The summed E-state index contributed by atoms with van der Waals surface area (Å²) in [5.41, 5.74) is 0. The summed E-state index contributed by atoms with van der Waals surface area (Å²) in [6.07, 6.45) is 2.69. The monoisotopic (exact) mass is 224 g/mol. The van der Waals surface area contributed by atoms with Crippen molar-refractivity contribution >= 4 is 16.7 Å². The quantitative estimate of drug-likeness (QED) is 0.773. The zero-order valence-corrected chi connectivity index (χ0v) is 9.76. The maximum Gasteiger partial charge on any atom is 0.205 e. The molecule has 82 valence electrons. The van der Waals surface area contributed by atoms with Gasteiger partial charge < -0.3 is 10.2 Å². The molecule has 0 radical (unpaired) electrons. The van der Waals surface area contributed by atoms with Crippen molar-refractivity contribution < 1.29 is 0 Å². The van der Waals surface area contributed by atoms with E-state index in [2.05, 4.69) is 19.6 Å². The fourth-order valence-corrected chi connectivity index (χ4v) is 3.31. The maximum absolute atomic E-state index is 4.46. The summed E-state index contributed by atoms with van der Waals surface area (Å²) in [6.45, 7) is 5.41. The molecular formula is C10H16N4S. The SMILES string of the molecule is Cc1nsc(N2CC3CCCNC3C2)n1. The van der Waals surface area contributed by atoms with Crippen LogP contribution in [0.4, 0.5) is 5.13 Å². The van der Waals surface area contributed by atoms with E-state index in [4.69, 9.17) is 0 Å². The highest BCUT2D eigenvalue weighted by Crippen LogP contribution is 2.29. The van der Waals surface area contributed by atoms with Crippen LogP contribution in [0.25, 0.3) is 0 Å². The predicted octanol–water partition coefficient (Wildman–Crippen LogP) is 1.03. The molecule has 2 aliphatic heterocycles. The Morgan fingerprint density at radius 3 is 3.13 bits per heavy atom. The van der Waals surface area contributed by atoms with Crippen molar-refractivity contribution in [1.82, 2.24) is 14.7 Å². The van der Waals surface area contributed by atoms with E-state index in [1.54, 1.807) is 0 Å². The van der Waals surface area contributed by atoms with Crippen LogP contribution >= 0.6 is 11.5 Å². The van der Waals surface area contributed by atoms with Gasteiger partial charge in [0.25, 0.3) is 0 Å². The second kappa shape index (κ2) is 3.72. The van der Waals surface area contributed by atoms with Gasteiger partial charge in [0.15, 0.2) is 0 Å². The summed E-state index contributed by atoms with van der Waals surface area (Å²) in [4.78, 5) is 6.84. The third-order valence-corrected chi connectivity index (χ3v) is 4.25. The van der Waals surface area contributed by atoms with Gasteiger partial charge in [-0.15, -0.1) is 0 Å². The fraction of sp³-hybridized carbons (Fsp3) is 0.800. The minimum absolute atomic E-state index is 0.683. The van der Waals surface area contributed by atoms with Crippen LogP contribution < -0.4 is 10.2 Å². The Balaban J connectivity index is 1.74. The summed E-state index contributed by atoms with van der Waals surface area (Å²) < 4.78 is 4.25. The summed E-state index contributed by atoms with van der Waals surface area (Å²) in [5, 5.41) is 4.70. The zero-order valence-electron chi connectivity index (χ0n) is 8.94. The normalized spacial score (nSPS) is 30.6. The van der Waals surface area contributed by atoms with Crippen LogP contribution in [0, 0.1) is 12.8 Å². The van der Waals surface area contributed by atoms with Gasteiger partial charge in [0, 0.05) is 30.7 Å². The minimum atomic E-state index is 0.683. The van der Waals surface area contributed by atoms with E-state index in [0.717, 1.165) is 30.0 Å². The van der Waals surface area contributed by atoms with Crippen LogP contribution in [0.3, 0.4) is 0 Å². The number of hydrogen-bond acceptors (Lipinski definition) is 5. The average Bonchev–Trinajstić information content (AvgIpc) is 2.82. The first-order chi connectivity index (χ1) is 7.33. The molecule has 4 nitrogen and oxygen atoms in total. The first-order valence-corrected chi connectivity index (χ1v) is 6.39. The number of anilines is 1. The van der Waals surface area contributed by atoms with Gasteiger partial charge in [-0.25, -0.2) is 4.98 Å². The van der Waals surface area contributed by atoms with Crippen molar-refractivity contribution in [3.63, 3.8) is 0 Å². The first kappa shape index (κ1) is 9.54. The van der Waals surface area contributed by atoms with Gasteiger partial charge in [0.05, 0.1) is 0 Å². The Morgan fingerprint density at radius 1 is 1.47 bits per heavy atom. The molecule has 0 spiro atoms. The van der Waals surface area contributed by atoms with E-state index in [1.165, 1.54) is 30.9 Å². The van der Waals surface area contributed by atoms with Crippen LogP contribution in [0.5, 0.6) is 0 Å². The number of nitrogens with zero attached hydrogens (tertiary/aromatic N) is 3. The van der Waals surface area contributed by atoms with E-state index in [0.29, 0.717) is 6.04 Å². The molecule has 3 rings (SSSR count). The lowest BCUT2D eigenvalue weighted by Gasteiger charge is -2.24.